The van der Waals surface area contributed by atoms with Gasteiger partial charge in [-0.05, 0) is 13.8 Å². The zero-order chi connectivity index (χ0) is 12.2. The van der Waals surface area contributed by atoms with Crippen LogP contribution in [0.1, 0.15) is 13.8 Å². The third-order valence-electron chi connectivity index (χ3n) is 1.77. The Morgan fingerprint density at radius 1 is 1.53 bits per heavy atom. The molecule has 0 aliphatic carbocycles. The summed E-state index contributed by atoms with van der Waals surface area (Å²) < 4.78 is -0.863. The first-order valence-corrected chi connectivity index (χ1v) is 5.40. The molecule has 4 N–H and O–H groups in total. The molecule has 0 aromatic heterocycles. The molecule has 0 aliphatic heterocycles. The van der Waals surface area contributed by atoms with Crippen molar-refractivity contribution >= 4 is 37.1 Å². The number of aliphatic carboxylic acids is 1. The zero-order valence-corrected chi connectivity index (χ0v) is 10.4. The van der Waals surface area contributed by atoms with Gasteiger partial charge in [0.15, 0.2) is 0 Å². The first kappa shape index (κ1) is 14.6. The van der Waals surface area contributed by atoms with Crippen LogP contribution in [0, 0.1) is 0 Å². The normalized spacial score (nSPS) is 15.5. The van der Waals surface area contributed by atoms with Crippen molar-refractivity contribution in [3.63, 3.8) is 0 Å². The second kappa shape index (κ2) is 5.62. The van der Waals surface area contributed by atoms with Gasteiger partial charge in [0, 0.05) is 10.5 Å². The van der Waals surface area contributed by atoms with Crippen molar-refractivity contribution < 1.29 is 14.7 Å². The number of carboxylic acids is 1. The Labute approximate surface area is 99.6 Å². The van der Waals surface area contributed by atoms with Gasteiger partial charge in [0.2, 0.25) is 5.91 Å². The highest BCUT2D eigenvalue weighted by Crippen LogP contribution is 2.17. The lowest BCUT2D eigenvalue weighted by atomic mass is 10.0. The van der Waals surface area contributed by atoms with Gasteiger partial charge in [0.25, 0.3) is 0 Å². The number of carboxylic acid groups (broad SMARTS) is 1. The molecule has 2 atom stereocenters. The van der Waals surface area contributed by atoms with Gasteiger partial charge in [-0.15, -0.1) is 0 Å². The molecule has 0 heterocycles. The number of hydrogen-bond donors (Lipinski definition) is 5. The Hall–Kier alpha value is -0.400. The van der Waals surface area contributed by atoms with E-state index in [4.69, 9.17) is 10.8 Å². The molecule has 0 aromatic rings. The van der Waals surface area contributed by atoms with Crippen LogP contribution in [0.5, 0.6) is 0 Å². The standard InChI is InChI=1S/C8H16N2O3S2/c1-8(2,15)5(7(12)13)10-6(11)4(9)3-14/h4-5,14-15H,3,9H2,1-2H3,(H,10,11)(H,12,13)/t4-,5+/m0/s1. The van der Waals surface area contributed by atoms with E-state index in [-0.39, 0.29) is 5.75 Å². The lowest BCUT2D eigenvalue weighted by Crippen LogP contribution is -2.55. The highest BCUT2D eigenvalue weighted by molar-refractivity contribution is 7.81. The summed E-state index contributed by atoms with van der Waals surface area (Å²) in [4.78, 5) is 22.2. The van der Waals surface area contributed by atoms with Crippen molar-refractivity contribution in [2.75, 3.05) is 5.75 Å². The van der Waals surface area contributed by atoms with E-state index >= 15 is 0 Å². The van der Waals surface area contributed by atoms with E-state index in [2.05, 4.69) is 30.6 Å². The summed E-state index contributed by atoms with van der Waals surface area (Å²) >= 11 is 7.96. The molecule has 15 heavy (non-hydrogen) atoms. The Morgan fingerprint density at radius 2 is 2.00 bits per heavy atom. The van der Waals surface area contributed by atoms with Crippen LogP contribution in [0.15, 0.2) is 0 Å². The third kappa shape index (κ3) is 4.76. The molecule has 0 aromatic carbocycles. The van der Waals surface area contributed by atoms with Gasteiger partial charge in [0.1, 0.15) is 6.04 Å². The van der Waals surface area contributed by atoms with E-state index in [1.54, 1.807) is 13.8 Å². The summed E-state index contributed by atoms with van der Waals surface area (Å²) in [7, 11) is 0. The largest absolute Gasteiger partial charge is 0.480 e. The Balaban J connectivity index is 4.58. The number of carbonyl (C=O) groups excluding carboxylic acids is 1. The predicted molar refractivity (Wildman–Crippen MR) is 64.5 cm³/mol. The van der Waals surface area contributed by atoms with Gasteiger partial charge in [0.05, 0.1) is 6.04 Å². The summed E-state index contributed by atoms with van der Waals surface area (Å²) in [5.74, 6) is -1.53. The Morgan fingerprint density at radius 3 is 2.27 bits per heavy atom. The van der Waals surface area contributed by atoms with Gasteiger partial charge in [-0.3, -0.25) is 4.79 Å². The summed E-state index contributed by atoms with van der Waals surface area (Å²) in [6, 6.07) is -1.90. The fourth-order valence-corrected chi connectivity index (χ4v) is 1.21. The van der Waals surface area contributed by atoms with Crippen LogP contribution in [-0.4, -0.2) is 39.6 Å². The van der Waals surface area contributed by atoms with Gasteiger partial charge in [-0.1, -0.05) is 0 Å². The number of thiol groups is 2. The Bertz CT molecular complexity index is 253. The first-order valence-electron chi connectivity index (χ1n) is 4.32. The maximum Gasteiger partial charge on any atom is 0.327 e. The molecule has 5 nitrogen and oxygen atoms in total. The van der Waals surface area contributed by atoms with Crippen LogP contribution in [0.2, 0.25) is 0 Å². The number of nitrogens with one attached hydrogen (secondary N) is 1. The van der Waals surface area contributed by atoms with Crippen LogP contribution < -0.4 is 11.1 Å². The van der Waals surface area contributed by atoms with E-state index in [1.807, 2.05) is 0 Å². The van der Waals surface area contributed by atoms with Crippen molar-refractivity contribution in [3.05, 3.63) is 0 Å². The summed E-state index contributed by atoms with van der Waals surface area (Å²) in [5, 5.41) is 11.2. The molecule has 0 rings (SSSR count). The van der Waals surface area contributed by atoms with Crippen molar-refractivity contribution in [1.29, 1.82) is 0 Å². The average Bonchev–Trinajstić information content (AvgIpc) is 2.09. The Kier molecular flexibility index (Phi) is 5.47. The number of carbonyl (C=O) groups is 2. The van der Waals surface area contributed by atoms with Gasteiger partial charge in [-0.2, -0.15) is 25.3 Å². The fourth-order valence-electron chi connectivity index (χ4n) is 0.873. The molecule has 0 unspecified atom stereocenters. The molecular formula is C8H16N2O3S2. The molecule has 1 amide bonds. The molecule has 88 valence electrons. The molecule has 0 radical (unpaired) electrons. The zero-order valence-electron chi connectivity index (χ0n) is 8.60. The number of nitrogens with two attached hydrogens (primary N) is 1. The smallest absolute Gasteiger partial charge is 0.327 e. The maximum atomic E-state index is 11.4. The molecule has 0 spiro atoms. The molecule has 0 saturated heterocycles. The van der Waals surface area contributed by atoms with Gasteiger partial charge >= 0.3 is 5.97 Å². The van der Waals surface area contributed by atoms with Crippen molar-refractivity contribution in [1.82, 2.24) is 5.32 Å². The van der Waals surface area contributed by atoms with E-state index in [0.717, 1.165) is 0 Å². The highest BCUT2D eigenvalue weighted by atomic mass is 32.1. The number of hydrogen-bond acceptors (Lipinski definition) is 5. The maximum absolute atomic E-state index is 11.4. The van der Waals surface area contributed by atoms with E-state index in [1.165, 1.54) is 0 Å². The van der Waals surface area contributed by atoms with Crippen LogP contribution in [0.3, 0.4) is 0 Å². The minimum absolute atomic E-state index is 0.158. The van der Waals surface area contributed by atoms with Gasteiger partial charge in [-0.25, -0.2) is 4.79 Å². The molecule has 0 bridgehead atoms. The summed E-state index contributed by atoms with van der Waals surface area (Å²) in [6.07, 6.45) is 0. The van der Waals surface area contributed by atoms with Crippen molar-refractivity contribution in [3.8, 4) is 0 Å². The molecule has 0 aliphatic rings. The van der Waals surface area contributed by atoms with Crippen LogP contribution >= 0.6 is 25.3 Å². The minimum atomic E-state index is -1.14. The third-order valence-corrected chi connectivity index (χ3v) is 2.43. The number of amides is 1. The SMILES string of the molecule is CC(C)(S)[C@H](NC(=O)[C@@H](N)CS)C(=O)O. The van der Waals surface area contributed by atoms with Gasteiger partial charge < -0.3 is 16.2 Å². The topological polar surface area (TPSA) is 92.4 Å². The molecule has 0 fully saturated rings. The average molecular weight is 252 g/mol. The lowest BCUT2D eigenvalue weighted by molar-refractivity contribution is -0.142. The first-order chi connectivity index (χ1) is 6.70. The fraction of sp³-hybridized carbons (Fsp3) is 0.750. The minimum Gasteiger partial charge on any atom is -0.480 e. The quantitative estimate of drug-likeness (QED) is 0.427. The van der Waals surface area contributed by atoms with E-state index in [9.17, 15) is 9.59 Å². The van der Waals surface area contributed by atoms with Crippen LogP contribution in [-0.2, 0) is 9.59 Å². The molecule has 0 saturated carbocycles. The van der Waals surface area contributed by atoms with Crippen molar-refractivity contribution in [2.24, 2.45) is 5.73 Å². The van der Waals surface area contributed by atoms with E-state index in [0.29, 0.717) is 0 Å². The lowest BCUT2D eigenvalue weighted by Gasteiger charge is -2.27. The van der Waals surface area contributed by atoms with Crippen molar-refractivity contribution in [2.45, 2.75) is 30.7 Å². The second-order valence-electron chi connectivity index (χ2n) is 3.72. The molecular weight excluding hydrogens is 236 g/mol. The monoisotopic (exact) mass is 252 g/mol. The summed E-state index contributed by atoms with van der Waals surface area (Å²) in [6.45, 7) is 3.20. The molecule has 7 heteroatoms. The predicted octanol–water partition coefficient (Wildman–Crippen LogP) is -0.479. The number of rotatable bonds is 5. The highest BCUT2D eigenvalue weighted by Gasteiger charge is 2.34. The van der Waals surface area contributed by atoms with E-state index < -0.39 is 28.7 Å². The van der Waals surface area contributed by atoms with Crippen LogP contribution in [0.4, 0.5) is 0 Å². The summed E-state index contributed by atoms with van der Waals surface area (Å²) in [5.41, 5.74) is 5.40. The van der Waals surface area contributed by atoms with Crippen LogP contribution in [0.25, 0.3) is 0 Å². The second-order valence-corrected chi connectivity index (χ2v) is 5.24.